The molecular formula is C15H13BrN2O4. The predicted molar refractivity (Wildman–Crippen MR) is 80.6 cm³/mol. The molecule has 0 bridgehead atoms. The van der Waals surface area contributed by atoms with Gasteiger partial charge in [-0.05, 0) is 24.1 Å². The standard InChI is InChI=1S/C15H13BrN2O4/c16-6-12(19)8-1-2-10-9(5-8)7-18(15(10)22)11-3-4-13(20)17-14(11)21/h1-2,5,11H,3-4,6-7H2,(H,17,20,21). The lowest BCUT2D eigenvalue weighted by atomic mass is 10.0. The second-order valence-corrected chi connectivity index (χ2v) is 5.89. The summed E-state index contributed by atoms with van der Waals surface area (Å²) < 4.78 is 0. The molecule has 22 heavy (non-hydrogen) atoms. The highest BCUT2D eigenvalue weighted by molar-refractivity contribution is 9.09. The summed E-state index contributed by atoms with van der Waals surface area (Å²) in [5.74, 6) is -1.04. The summed E-state index contributed by atoms with van der Waals surface area (Å²) in [4.78, 5) is 48.8. The SMILES string of the molecule is O=C1CCC(N2Cc3cc(C(=O)CBr)ccc3C2=O)C(=O)N1. The molecule has 1 fully saturated rings. The molecule has 1 aromatic carbocycles. The van der Waals surface area contributed by atoms with E-state index in [0.29, 0.717) is 17.5 Å². The maximum absolute atomic E-state index is 12.4. The molecule has 2 heterocycles. The molecule has 1 atom stereocenters. The van der Waals surface area contributed by atoms with Crippen LogP contribution in [-0.4, -0.2) is 39.8 Å². The summed E-state index contributed by atoms with van der Waals surface area (Å²) in [5.41, 5.74) is 1.78. The second kappa shape index (κ2) is 5.64. The molecule has 2 aliphatic heterocycles. The summed E-state index contributed by atoms with van der Waals surface area (Å²) >= 11 is 3.12. The van der Waals surface area contributed by atoms with E-state index in [1.54, 1.807) is 18.2 Å². The smallest absolute Gasteiger partial charge is 0.255 e. The fraction of sp³-hybridized carbons (Fsp3) is 0.333. The van der Waals surface area contributed by atoms with Gasteiger partial charge in [-0.15, -0.1) is 0 Å². The van der Waals surface area contributed by atoms with E-state index in [1.165, 1.54) is 4.90 Å². The fourth-order valence-corrected chi connectivity index (χ4v) is 3.15. The van der Waals surface area contributed by atoms with Crippen LogP contribution in [0.3, 0.4) is 0 Å². The number of ketones is 1. The van der Waals surface area contributed by atoms with Gasteiger partial charge in [0.1, 0.15) is 6.04 Å². The zero-order chi connectivity index (χ0) is 15.9. The first-order valence-corrected chi connectivity index (χ1v) is 8.00. The highest BCUT2D eigenvalue weighted by Crippen LogP contribution is 2.28. The summed E-state index contributed by atoms with van der Waals surface area (Å²) in [6, 6.07) is 4.31. The third-order valence-electron chi connectivity index (χ3n) is 3.97. The van der Waals surface area contributed by atoms with Crippen LogP contribution in [-0.2, 0) is 16.1 Å². The van der Waals surface area contributed by atoms with E-state index in [9.17, 15) is 19.2 Å². The van der Waals surface area contributed by atoms with Gasteiger partial charge in [-0.2, -0.15) is 0 Å². The Hall–Kier alpha value is -2.02. The van der Waals surface area contributed by atoms with Crippen molar-refractivity contribution in [1.82, 2.24) is 10.2 Å². The highest BCUT2D eigenvalue weighted by atomic mass is 79.9. The average molecular weight is 365 g/mol. The summed E-state index contributed by atoms with van der Waals surface area (Å²) in [6.45, 7) is 0.282. The molecule has 114 valence electrons. The number of nitrogens with one attached hydrogen (secondary N) is 1. The molecule has 3 rings (SSSR count). The quantitative estimate of drug-likeness (QED) is 0.493. The van der Waals surface area contributed by atoms with Crippen LogP contribution in [0.1, 0.15) is 39.1 Å². The minimum atomic E-state index is -0.632. The first kappa shape index (κ1) is 14.9. The number of hydrogen-bond acceptors (Lipinski definition) is 4. The number of carbonyl (C=O) groups is 4. The molecule has 1 unspecified atom stereocenters. The molecular weight excluding hydrogens is 352 g/mol. The van der Waals surface area contributed by atoms with Crippen molar-refractivity contribution in [3.8, 4) is 0 Å². The molecule has 1 aromatic rings. The number of benzene rings is 1. The number of hydrogen-bond donors (Lipinski definition) is 1. The number of carbonyl (C=O) groups excluding carboxylic acids is 4. The van der Waals surface area contributed by atoms with Crippen molar-refractivity contribution in [3.05, 3.63) is 34.9 Å². The maximum atomic E-state index is 12.4. The lowest BCUT2D eigenvalue weighted by Gasteiger charge is -2.29. The Labute approximate surface area is 135 Å². The van der Waals surface area contributed by atoms with Crippen molar-refractivity contribution in [2.75, 3.05) is 5.33 Å². The van der Waals surface area contributed by atoms with Gasteiger partial charge in [-0.1, -0.05) is 22.0 Å². The Bertz CT molecular complexity index is 701. The van der Waals surface area contributed by atoms with Gasteiger partial charge < -0.3 is 4.90 Å². The minimum absolute atomic E-state index is 0.0605. The normalized spacial score (nSPS) is 20.9. The fourth-order valence-electron chi connectivity index (χ4n) is 2.83. The molecule has 1 N–H and O–H groups in total. The summed E-state index contributed by atoms with van der Waals surface area (Å²) in [6.07, 6.45) is 0.557. The van der Waals surface area contributed by atoms with Crippen LogP contribution in [0.15, 0.2) is 18.2 Å². The van der Waals surface area contributed by atoms with Gasteiger partial charge in [0.05, 0.1) is 5.33 Å². The number of piperidine rings is 1. The van der Waals surface area contributed by atoms with E-state index in [-0.39, 0.29) is 35.9 Å². The molecule has 1 saturated heterocycles. The van der Waals surface area contributed by atoms with E-state index in [2.05, 4.69) is 21.2 Å². The van der Waals surface area contributed by atoms with Gasteiger partial charge in [-0.25, -0.2) is 0 Å². The van der Waals surface area contributed by atoms with Crippen LogP contribution in [0.25, 0.3) is 0 Å². The van der Waals surface area contributed by atoms with Gasteiger partial charge in [0.2, 0.25) is 11.8 Å². The van der Waals surface area contributed by atoms with Crippen molar-refractivity contribution in [3.63, 3.8) is 0 Å². The van der Waals surface area contributed by atoms with Gasteiger partial charge >= 0.3 is 0 Å². The first-order valence-electron chi connectivity index (χ1n) is 6.88. The van der Waals surface area contributed by atoms with Crippen molar-refractivity contribution in [2.24, 2.45) is 0 Å². The number of Topliss-reactive ketones (excluding diaryl/α,β-unsaturated/α-hetero) is 1. The van der Waals surface area contributed by atoms with E-state index in [0.717, 1.165) is 5.56 Å². The molecule has 0 aromatic heterocycles. The Morgan fingerprint density at radius 1 is 1.32 bits per heavy atom. The van der Waals surface area contributed by atoms with E-state index in [1.807, 2.05) is 0 Å². The number of alkyl halides is 1. The van der Waals surface area contributed by atoms with Gasteiger partial charge in [-0.3, -0.25) is 24.5 Å². The zero-order valence-electron chi connectivity index (χ0n) is 11.6. The van der Waals surface area contributed by atoms with Crippen LogP contribution in [0.2, 0.25) is 0 Å². The number of halogens is 1. The van der Waals surface area contributed by atoms with E-state index in [4.69, 9.17) is 0 Å². The van der Waals surface area contributed by atoms with Crippen LogP contribution >= 0.6 is 15.9 Å². The van der Waals surface area contributed by atoms with Crippen molar-refractivity contribution >= 4 is 39.4 Å². The van der Waals surface area contributed by atoms with Crippen LogP contribution in [0, 0.1) is 0 Å². The topological polar surface area (TPSA) is 83.6 Å². The second-order valence-electron chi connectivity index (χ2n) is 5.33. The largest absolute Gasteiger partial charge is 0.322 e. The Morgan fingerprint density at radius 3 is 2.77 bits per heavy atom. The molecule has 0 radical (unpaired) electrons. The minimum Gasteiger partial charge on any atom is -0.322 e. The van der Waals surface area contributed by atoms with Gasteiger partial charge in [0.15, 0.2) is 5.78 Å². The summed E-state index contributed by atoms with van der Waals surface area (Å²) in [7, 11) is 0. The first-order chi connectivity index (χ1) is 10.5. The average Bonchev–Trinajstić information content (AvgIpc) is 2.83. The van der Waals surface area contributed by atoms with Crippen LogP contribution in [0.4, 0.5) is 0 Å². The Kier molecular flexibility index (Phi) is 3.82. The third-order valence-corrected chi connectivity index (χ3v) is 4.48. The Balaban J connectivity index is 1.86. The van der Waals surface area contributed by atoms with Crippen molar-refractivity contribution < 1.29 is 19.2 Å². The maximum Gasteiger partial charge on any atom is 0.255 e. The molecule has 6 nitrogen and oxygen atoms in total. The number of amides is 3. The van der Waals surface area contributed by atoms with E-state index < -0.39 is 11.9 Å². The van der Waals surface area contributed by atoms with E-state index >= 15 is 0 Å². The molecule has 3 amide bonds. The highest BCUT2D eigenvalue weighted by Gasteiger charge is 2.39. The van der Waals surface area contributed by atoms with Gasteiger partial charge in [0.25, 0.3) is 5.91 Å². The molecule has 2 aliphatic rings. The van der Waals surface area contributed by atoms with Crippen molar-refractivity contribution in [1.29, 1.82) is 0 Å². The zero-order valence-corrected chi connectivity index (χ0v) is 13.2. The lowest BCUT2D eigenvalue weighted by molar-refractivity contribution is -0.136. The number of fused-ring (bicyclic) bond motifs is 1. The van der Waals surface area contributed by atoms with Crippen molar-refractivity contribution in [2.45, 2.75) is 25.4 Å². The molecule has 0 spiro atoms. The number of imide groups is 1. The summed E-state index contributed by atoms with van der Waals surface area (Å²) in [5, 5.41) is 2.48. The number of nitrogens with zero attached hydrogens (tertiary/aromatic N) is 1. The van der Waals surface area contributed by atoms with Crippen LogP contribution in [0.5, 0.6) is 0 Å². The van der Waals surface area contributed by atoms with Gasteiger partial charge in [0, 0.05) is 24.1 Å². The van der Waals surface area contributed by atoms with Crippen LogP contribution < -0.4 is 5.32 Å². The molecule has 7 heteroatoms. The molecule has 0 aliphatic carbocycles. The monoisotopic (exact) mass is 364 g/mol. The lowest BCUT2D eigenvalue weighted by Crippen LogP contribution is -2.52. The number of rotatable bonds is 3. The predicted octanol–water partition coefficient (Wildman–Crippen LogP) is 1.03. The third kappa shape index (κ3) is 2.45. The molecule has 0 saturated carbocycles. The Morgan fingerprint density at radius 2 is 2.09 bits per heavy atom.